The molecule has 0 aromatic carbocycles. The molecule has 0 radical (unpaired) electrons. The Balaban J connectivity index is 3.99. The minimum Gasteiger partial charge on any atom is -0.474 e. The summed E-state index contributed by atoms with van der Waals surface area (Å²) in [7, 11) is 1.87. The van der Waals surface area contributed by atoms with Gasteiger partial charge in [-0.15, -0.1) is 0 Å². The summed E-state index contributed by atoms with van der Waals surface area (Å²) in [5.41, 5.74) is -0.107. The predicted octanol–water partition coefficient (Wildman–Crippen LogP) is 2.27. The van der Waals surface area contributed by atoms with E-state index in [0.29, 0.717) is 0 Å². The van der Waals surface area contributed by atoms with Crippen molar-refractivity contribution in [3.63, 3.8) is 0 Å². The van der Waals surface area contributed by atoms with Crippen LogP contribution in [-0.2, 0) is 4.74 Å². The lowest BCUT2D eigenvalue weighted by atomic mass is 10.2. The number of hydrogen-bond acceptors (Lipinski definition) is 2. The Morgan fingerprint density at radius 1 is 1.45 bits per heavy atom. The van der Waals surface area contributed by atoms with Crippen molar-refractivity contribution in [1.29, 1.82) is 0 Å². The van der Waals surface area contributed by atoms with Crippen LogP contribution in [-0.4, -0.2) is 12.6 Å². The number of hydrogen-bond donors (Lipinski definition) is 1. The van der Waals surface area contributed by atoms with Gasteiger partial charge in [0.25, 0.3) is 0 Å². The van der Waals surface area contributed by atoms with E-state index in [9.17, 15) is 0 Å². The minimum atomic E-state index is -0.107. The van der Waals surface area contributed by atoms with Crippen molar-refractivity contribution in [3.05, 3.63) is 12.0 Å². The smallest absolute Gasteiger partial charge is 0.182 e. The Labute approximate surface area is 69.6 Å². The summed E-state index contributed by atoms with van der Waals surface area (Å²) < 4.78 is 5.58. The average Bonchev–Trinajstić information content (AvgIpc) is 1.84. The van der Waals surface area contributed by atoms with Crippen molar-refractivity contribution in [2.75, 3.05) is 7.05 Å². The summed E-state index contributed by atoms with van der Waals surface area (Å²) in [4.78, 5) is 0. The fraction of sp³-hybridized carbons (Fsp3) is 0.778. The molecule has 0 aromatic rings. The number of ether oxygens (including phenoxy) is 1. The quantitative estimate of drug-likeness (QED) is 0.634. The highest BCUT2D eigenvalue weighted by Gasteiger charge is 2.11. The molecule has 0 spiro atoms. The first-order valence-corrected chi connectivity index (χ1v) is 4.06. The Morgan fingerprint density at radius 3 is 2.27 bits per heavy atom. The molecule has 66 valence electrons. The molecule has 2 heteroatoms. The van der Waals surface area contributed by atoms with Crippen molar-refractivity contribution in [2.24, 2.45) is 0 Å². The maximum Gasteiger partial charge on any atom is 0.182 e. The molecular formula is C9H19NO. The van der Waals surface area contributed by atoms with Gasteiger partial charge in [-0.3, -0.25) is 0 Å². The van der Waals surface area contributed by atoms with E-state index in [-0.39, 0.29) is 5.60 Å². The average molecular weight is 157 g/mol. The van der Waals surface area contributed by atoms with E-state index in [0.717, 1.165) is 12.3 Å². The Kier molecular flexibility index (Phi) is 4.01. The second kappa shape index (κ2) is 4.27. The minimum absolute atomic E-state index is 0.107. The highest BCUT2D eigenvalue weighted by atomic mass is 16.5. The maximum absolute atomic E-state index is 5.58. The van der Waals surface area contributed by atoms with Crippen molar-refractivity contribution in [3.8, 4) is 0 Å². The van der Waals surface area contributed by atoms with Gasteiger partial charge in [0.2, 0.25) is 0 Å². The Morgan fingerprint density at radius 2 is 2.00 bits per heavy atom. The third-order valence-corrected chi connectivity index (χ3v) is 1.05. The highest BCUT2D eigenvalue weighted by Crippen LogP contribution is 2.11. The third kappa shape index (κ3) is 5.77. The molecule has 2 nitrogen and oxygen atoms in total. The van der Waals surface area contributed by atoms with Crippen molar-refractivity contribution < 1.29 is 4.74 Å². The fourth-order valence-electron chi connectivity index (χ4n) is 0.710. The van der Waals surface area contributed by atoms with Gasteiger partial charge in [-0.1, -0.05) is 6.92 Å². The van der Waals surface area contributed by atoms with Gasteiger partial charge in [0, 0.05) is 7.05 Å². The number of rotatable bonds is 3. The van der Waals surface area contributed by atoms with Crippen LogP contribution in [0.2, 0.25) is 0 Å². The van der Waals surface area contributed by atoms with E-state index < -0.39 is 0 Å². The number of nitrogens with one attached hydrogen (secondary N) is 1. The first kappa shape index (κ1) is 10.3. The Hall–Kier alpha value is -0.660. The van der Waals surface area contributed by atoms with Crippen LogP contribution in [0, 0.1) is 0 Å². The topological polar surface area (TPSA) is 21.3 Å². The van der Waals surface area contributed by atoms with Crippen LogP contribution in [0.3, 0.4) is 0 Å². The van der Waals surface area contributed by atoms with Crippen LogP contribution in [0.15, 0.2) is 12.0 Å². The van der Waals surface area contributed by atoms with Gasteiger partial charge in [-0.2, -0.15) is 0 Å². The van der Waals surface area contributed by atoms with Crippen LogP contribution in [0.5, 0.6) is 0 Å². The van der Waals surface area contributed by atoms with Crippen LogP contribution in [0.4, 0.5) is 0 Å². The van der Waals surface area contributed by atoms with E-state index >= 15 is 0 Å². The molecule has 0 fully saturated rings. The van der Waals surface area contributed by atoms with Gasteiger partial charge < -0.3 is 10.1 Å². The van der Waals surface area contributed by atoms with Crippen LogP contribution >= 0.6 is 0 Å². The summed E-state index contributed by atoms with van der Waals surface area (Å²) in [6.07, 6.45) is 3.03. The van der Waals surface area contributed by atoms with Crippen LogP contribution in [0.25, 0.3) is 0 Å². The summed E-state index contributed by atoms with van der Waals surface area (Å²) in [5.74, 6) is 0.861. The first-order valence-electron chi connectivity index (χ1n) is 4.06. The molecule has 0 aliphatic carbocycles. The van der Waals surface area contributed by atoms with E-state index in [2.05, 4.69) is 12.2 Å². The second-order valence-electron chi connectivity index (χ2n) is 3.44. The van der Waals surface area contributed by atoms with Gasteiger partial charge in [0.05, 0.1) is 0 Å². The third-order valence-electron chi connectivity index (χ3n) is 1.05. The monoisotopic (exact) mass is 157 g/mol. The van der Waals surface area contributed by atoms with E-state index in [1.807, 2.05) is 33.9 Å². The van der Waals surface area contributed by atoms with E-state index in [1.54, 1.807) is 0 Å². The van der Waals surface area contributed by atoms with Gasteiger partial charge in [-0.25, -0.2) is 0 Å². The molecule has 0 aromatic heterocycles. The molecule has 0 saturated carbocycles. The molecule has 0 amide bonds. The maximum atomic E-state index is 5.58. The largest absolute Gasteiger partial charge is 0.474 e. The van der Waals surface area contributed by atoms with Gasteiger partial charge >= 0.3 is 0 Å². The normalized spacial score (nSPS) is 13.0. The summed E-state index contributed by atoms with van der Waals surface area (Å²) in [6.45, 7) is 8.19. The molecule has 0 bridgehead atoms. The predicted molar refractivity (Wildman–Crippen MR) is 48.3 cm³/mol. The van der Waals surface area contributed by atoms with Crippen LogP contribution < -0.4 is 5.32 Å². The van der Waals surface area contributed by atoms with E-state index in [1.165, 1.54) is 0 Å². The SMILES string of the molecule is CC/C=C(\NC)OC(C)(C)C. The molecule has 0 aliphatic heterocycles. The molecule has 0 saturated heterocycles. The molecule has 11 heavy (non-hydrogen) atoms. The Bertz CT molecular complexity index is 133. The van der Waals surface area contributed by atoms with Gasteiger partial charge in [0.15, 0.2) is 5.88 Å². The molecule has 0 rings (SSSR count). The lowest BCUT2D eigenvalue weighted by Crippen LogP contribution is -2.23. The summed E-state index contributed by atoms with van der Waals surface area (Å²) in [5, 5.41) is 3.00. The molecule has 0 aliphatic rings. The zero-order chi connectivity index (χ0) is 8.91. The van der Waals surface area contributed by atoms with E-state index in [4.69, 9.17) is 4.74 Å². The van der Waals surface area contributed by atoms with Gasteiger partial charge in [-0.05, 0) is 33.3 Å². The lowest BCUT2D eigenvalue weighted by molar-refractivity contribution is 0.0419. The first-order chi connectivity index (χ1) is 4.99. The summed E-state index contributed by atoms with van der Waals surface area (Å²) in [6, 6.07) is 0. The zero-order valence-corrected chi connectivity index (χ0v) is 8.19. The van der Waals surface area contributed by atoms with Crippen LogP contribution in [0.1, 0.15) is 34.1 Å². The molecule has 0 unspecified atom stereocenters. The van der Waals surface area contributed by atoms with Crippen molar-refractivity contribution >= 4 is 0 Å². The van der Waals surface area contributed by atoms with Crippen molar-refractivity contribution in [2.45, 2.75) is 39.7 Å². The lowest BCUT2D eigenvalue weighted by Gasteiger charge is -2.22. The number of allylic oxidation sites excluding steroid dienone is 1. The van der Waals surface area contributed by atoms with Gasteiger partial charge in [0.1, 0.15) is 5.60 Å². The molecular weight excluding hydrogens is 138 g/mol. The van der Waals surface area contributed by atoms with Crippen molar-refractivity contribution in [1.82, 2.24) is 5.32 Å². The summed E-state index contributed by atoms with van der Waals surface area (Å²) >= 11 is 0. The molecule has 0 heterocycles. The fourth-order valence-corrected chi connectivity index (χ4v) is 0.710. The zero-order valence-electron chi connectivity index (χ0n) is 8.19. The highest BCUT2D eigenvalue weighted by molar-refractivity contribution is 4.90. The standard InChI is InChI=1S/C9H19NO/c1-6-7-8(10-5)11-9(2,3)4/h7,10H,6H2,1-5H3/b8-7+. The molecule has 0 atom stereocenters. The molecule has 1 N–H and O–H groups in total. The second-order valence-corrected chi connectivity index (χ2v) is 3.44.